The van der Waals surface area contributed by atoms with Gasteiger partial charge in [-0.1, -0.05) is 0 Å². The summed E-state index contributed by atoms with van der Waals surface area (Å²) in [5.41, 5.74) is -0.497. The Hall–Kier alpha value is -1.30. The summed E-state index contributed by atoms with van der Waals surface area (Å²) in [5, 5.41) is 2.85. The van der Waals surface area contributed by atoms with Crippen LogP contribution < -0.4 is 5.32 Å². The van der Waals surface area contributed by atoms with Gasteiger partial charge in [-0.05, 0) is 33.6 Å². The molecular weight excluding hydrogens is 248 g/mol. The van der Waals surface area contributed by atoms with Gasteiger partial charge >= 0.3 is 6.09 Å². The number of nitrogens with zero attached hydrogens (tertiary/aromatic N) is 1. The molecule has 1 heterocycles. The van der Waals surface area contributed by atoms with Crippen molar-refractivity contribution < 1.29 is 19.1 Å². The molecule has 2 amide bonds. The van der Waals surface area contributed by atoms with Crippen LogP contribution in [0.2, 0.25) is 0 Å². The van der Waals surface area contributed by atoms with Gasteiger partial charge in [-0.3, -0.25) is 4.79 Å². The van der Waals surface area contributed by atoms with E-state index in [1.807, 2.05) is 20.8 Å². The molecule has 0 bridgehead atoms. The van der Waals surface area contributed by atoms with Crippen molar-refractivity contribution in [3.05, 3.63) is 0 Å². The van der Waals surface area contributed by atoms with Gasteiger partial charge in [0.15, 0.2) is 0 Å². The van der Waals surface area contributed by atoms with Crippen molar-refractivity contribution in [2.45, 2.75) is 45.3 Å². The second-order valence-corrected chi connectivity index (χ2v) is 5.77. The predicted molar refractivity (Wildman–Crippen MR) is 70.8 cm³/mol. The molecule has 0 radical (unpaired) electrons. The largest absolute Gasteiger partial charge is 0.444 e. The summed E-state index contributed by atoms with van der Waals surface area (Å²) in [5.74, 6) is -0.154. The average molecular weight is 272 g/mol. The molecule has 0 saturated carbocycles. The summed E-state index contributed by atoms with van der Waals surface area (Å²) in [4.78, 5) is 25.0. The second kappa shape index (κ2) is 6.75. The summed E-state index contributed by atoms with van der Waals surface area (Å²) in [6.07, 6.45) is 1.41. The fraction of sp³-hybridized carbons (Fsp3) is 0.846. The zero-order valence-corrected chi connectivity index (χ0v) is 12.2. The van der Waals surface area contributed by atoms with Crippen LogP contribution in [0.15, 0.2) is 0 Å². The highest BCUT2D eigenvalue weighted by Crippen LogP contribution is 2.15. The molecule has 1 rings (SSSR count). The Morgan fingerprint density at radius 1 is 1.37 bits per heavy atom. The van der Waals surface area contributed by atoms with Gasteiger partial charge in [0.1, 0.15) is 12.2 Å². The van der Waals surface area contributed by atoms with Gasteiger partial charge in [0.05, 0.1) is 0 Å². The van der Waals surface area contributed by atoms with Gasteiger partial charge < -0.3 is 19.7 Å². The first-order valence-electron chi connectivity index (χ1n) is 6.58. The Morgan fingerprint density at radius 2 is 2.05 bits per heavy atom. The molecule has 1 atom stereocenters. The Labute approximate surface area is 114 Å². The van der Waals surface area contributed by atoms with E-state index in [2.05, 4.69) is 5.32 Å². The van der Waals surface area contributed by atoms with Crippen molar-refractivity contribution in [3.63, 3.8) is 0 Å². The number of ether oxygens (including phenoxy) is 2. The number of methoxy groups -OCH3 is 1. The van der Waals surface area contributed by atoms with Crippen molar-refractivity contribution in [1.82, 2.24) is 10.2 Å². The Bertz CT molecular complexity index is 325. The molecule has 1 fully saturated rings. The quantitative estimate of drug-likeness (QED) is 0.837. The predicted octanol–water partition coefficient (Wildman–Crippen LogP) is 1.15. The van der Waals surface area contributed by atoms with E-state index in [9.17, 15) is 9.59 Å². The van der Waals surface area contributed by atoms with Crippen LogP contribution in [0, 0.1) is 0 Å². The van der Waals surface area contributed by atoms with Crippen LogP contribution >= 0.6 is 0 Å². The van der Waals surface area contributed by atoms with Crippen LogP contribution in [0.3, 0.4) is 0 Å². The molecule has 0 aromatic carbocycles. The van der Waals surface area contributed by atoms with Gasteiger partial charge in [-0.25, -0.2) is 4.79 Å². The van der Waals surface area contributed by atoms with Crippen LogP contribution in [0.5, 0.6) is 0 Å². The summed E-state index contributed by atoms with van der Waals surface area (Å²) in [6.45, 7) is 6.73. The number of hydrogen-bond donors (Lipinski definition) is 1. The third-order valence-corrected chi connectivity index (χ3v) is 2.71. The minimum atomic E-state index is -0.497. The lowest BCUT2D eigenvalue weighted by molar-refractivity contribution is -0.125. The van der Waals surface area contributed by atoms with Crippen LogP contribution in [0.1, 0.15) is 33.6 Å². The SMILES string of the molecule is COCC(=O)NC1CCCN(C(=O)OC(C)(C)C)C1. The topological polar surface area (TPSA) is 67.9 Å². The molecule has 6 heteroatoms. The van der Waals surface area contributed by atoms with Gasteiger partial charge in [0, 0.05) is 26.2 Å². The molecule has 1 saturated heterocycles. The lowest BCUT2D eigenvalue weighted by Crippen LogP contribution is -2.51. The van der Waals surface area contributed by atoms with E-state index in [0.717, 1.165) is 12.8 Å². The van der Waals surface area contributed by atoms with Crippen LogP contribution in [0.25, 0.3) is 0 Å². The maximum Gasteiger partial charge on any atom is 0.410 e. The minimum Gasteiger partial charge on any atom is -0.444 e. The van der Waals surface area contributed by atoms with E-state index in [-0.39, 0.29) is 24.6 Å². The first kappa shape index (κ1) is 15.8. The second-order valence-electron chi connectivity index (χ2n) is 5.77. The lowest BCUT2D eigenvalue weighted by Gasteiger charge is -2.34. The van der Waals surface area contributed by atoms with Crippen LogP contribution in [-0.4, -0.2) is 55.3 Å². The number of rotatable bonds is 3. The van der Waals surface area contributed by atoms with Crippen molar-refractivity contribution in [3.8, 4) is 0 Å². The highest BCUT2D eigenvalue weighted by Gasteiger charge is 2.28. The van der Waals surface area contributed by atoms with Crippen molar-refractivity contribution in [2.24, 2.45) is 0 Å². The molecule has 0 spiro atoms. The first-order valence-corrected chi connectivity index (χ1v) is 6.58. The maximum absolute atomic E-state index is 11.9. The number of piperidine rings is 1. The van der Waals surface area contributed by atoms with Crippen LogP contribution in [-0.2, 0) is 14.3 Å². The van der Waals surface area contributed by atoms with E-state index >= 15 is 0 Å². The molecule has 1 N–H and O–H groups in total. The number of carbonyl (C=O) groups is 2. The normalized spacial score (nSPS) is 20.0. The summed E-state index contributed by atoms with van der Waals surface area (Å²) >= 11 is 0. The van der Waals surface area contributed by atoms with E-state index in [1.165, 1.54) is 7.11 Å². The van der Waals surface area contributed by atoms with Crippen LogP contribution in [0.4, 0.5) is 4.79 Å². The van der Waals surface area contributed by atoms with E-state index in [4.69, 9.17) is 9.47 Å². The summed E-state index contributed by atoms with van der Waals surface area (Å²) < 4.78 is 10.1. The molecule has 1 aliphatic rings. The molecule has 1 unspecified atom stereocenters. The zero-order valence-electron chi connectivity index (χ0n) is 12.2. The van der Waals surface area contributed by atoms with Gasteiger partial charge in [-0.15, -0.1) is 0 Å². The molecule has 6 nitrogen and oxygen atoms in total. The number of hydrogen-bond acceptors (Lipinski definition) is 4. The van der Waals surface area contributed by atoms with Gasteiger partial charge in [0.2, 0.25) is 5.91 Å². The Kier molecular flexibility index (Phi) is 5.60. The van der Waals surface area contributed by atoms with E-state index in [0.29, 0.717) is 13.1 Å². The zero-order chi connectivity index (χ0) is 14.5. The highest BCUT2D eigenvalue weighted by molar-refractivity contribution is 5.77. The molecule has 110 valence electrons. The molecule has 19 heavy (non-hydrogen) atoms. The van der Waals surface area contributed by atoms with Crippen molar-refractivity contribution in [1.29, 1.82) is 0 Å². The summed E-state index contributed by atoms with van der Waals surface area (Å²) in [6, 6.07) is -0.0241. The van der Waals surface area contributed by atoms with E-state index in [1.54, 1.807) is 4.90 Å². The fourth-order valence-electron chi connectivity index (χ4n) is 1.99. The smallest absolute Gasteiger partial charge is 0.410 e. The molecule has 0 aliphatic carbocycles. The number of carbonyl (C=O) groups excluding carboxylic acids is 2. The van der Waals surface area contributed by atoms with E-state index < -0.39 is 5.60 Å². The average Bonchev–Trinajstić information content (AvgIpc) is 2.27. The Morgan fingerprint density at radius 3 is 2.63 bits per heavy atom. The number of amides is 2. The minimum absolute atomic E-state index is 0.0241. The standard InChI is InChI=1S/C13H24N2O4/c1-13(2,3)19-12(17)15-7-5-6-10(8-15)14-11(16)9-18-4/h10H,5-9H2,1-4H3,(H,14,16). The lowest BCUT2D eigenvalue weighted by atomic mass is 10.1. The third kappa shape index (κ3) is 5.92. The monoisotopic (exact) mass is 272 g/mol. The van der Waals surface area contributed by atoms with Crippen molar-refractivity contribution in [2.75, 3.05) is 26.8 Å². The highest BCUT2D eigenvalue weighted by atomic mass is 16.6. The third-order valence-electron chi connectivity index (χ3n) is 2.71. The fourth-order valence-corrected chi connectivity index (χ4v) is 1.99. The maximum atomic E-state index is 11.9. The first-order chi connectivity index (χ1) is 8.81. The molecule has 1 aliphatic heterocycles. The molecular formula is C13H24N2O4. The summed E-state index contributed by atoms with van der Waals surface area (Å²) in [7, 11) is 1.48. The number of nitrogens with one attached hydrogen (secondary N) is 1. The Balaban J connectivity index is 2.45. The molecule has 0 aromatic rings. The molecule has 0 aromatic heterocycles. The van der Waals surface area contributed by atoms with Crippen molar-refractivity contribution >= 4 is 12.0 Å². The van der Waals surface area contributed by atoms with Gasteiger partial charge in [-0.2, -0.15) is 0 Å². The number of likely N-dealkylation sites (tertiary alicyclic amines) is 1. The van der Waals surface area contributed by atoms with Gasteiger partial charge in [0.25, 0.3) is 0 Å².